The summed E-state index contributed by atoms with van der Waals surface area (Å²) in [6.07, 6.45) is 4.29. The highest BCUT2D eigenvalue weighted by Crippen LogP contribution is 2.32. The highest BCUT2D eigenvalue weighted by molar-refractivity contribution is 5.95. The molecule has 0 saturated carbocycles. The molecule has 1 amide bonds. The van der Waals surface area contributed by atoms with Gasteiger partial charge in [-0.25, -0.2) is 4.99 Å². The summed E-state index contributed by atoms with van der Waals surface area (Å²) < 4.78 is 11.5. The first-order valence-electron chi connectivity index (χ1n) is 11.6. The minimum Gasteiger partial charge on any atom is -0.490 e. The van der Waals surface area contributed by atoms with E-state index in [1.807, 2.05) is 54.3 Å². The molecule has 0 radical (unpaired) electrons. The molecule has 170 valence electrons. The third kappa shape index (κ3) is 5.72. The predicted molar refractivity (Wildman–Crippen MR) is 127 cm³/mol. The number of anilines is 1. The van der Waals surface area contributed by atoms with E-state index in [4.69, 9.17) is 14.5 Å². The zero-order valence-corrected chi connectivity index (χ0v) is 18.7. The number of carbonyl (C=O) groups is 1. The van der Waals surface area contributed by atoms with E-state index in [0.717, 1.165) is 67.2 Å². The number of aliphatic imine (C=N–C) groups is 1. The van der Waals surface area contributed by atoms with Gasteiger partial charge >= 0.3 is 0 Å². The molecule has 0 aliphatic carbocycles. The fourth-order valence-corrected chi connectivity index (χ4v) is 3.89. The minimum atomic E-state index is 0.129. The molecular formula is C25H32N4O3. The van der Waals surface area contributed by atoms with Crippen molar-refractivity contribution in [1.29, 1.82) is 0 Å². The normalized spacial score (nSPS) is 16.3. The Labute approximate surface area is 189 Å². The quantitative estimate of drug-likeness (QED) is 0.546. The van der Waals surface area contributed by atoms with Gasteiger partial charge in [-0.15, -0.1) is 0 Å². The summed E-state index contributed by atoms with van der Waals surface area (Å²) in [5.41, 5.74) is 2.68. The van der Waals surface area contributed by atoms with E-state index in [2.05, 4.69) is 10.6 Å². The van der Waals surface area contributed by atoms with Crippen molar-refractivity contribution in [2.24, 2.45) is 4.99 Å². The van der Waals surface area contributed by atoms with Crippen molar-refractivity contribution in [2.75, 3.05) is 38.2 Å². The minimum absolute atomic E-state index is 0.129. The Balaban J connectivity index is 1.39. The molecule has 2 aliphatic heterocycles. The molecular weight excluding hydrogens is 404 g/mol. The van der Waals surface area contributed by atoms with E-state index < -0.39 is 0 Å². The third-order valence-electron chi connectivity index (χ3n) is 5.62. The van der Waals surface area contributed by atoms with Gasteiger partial charge in [-0.05, 0) is 56.0 Å². The summed E-state index contributed by atoms with van der Waals surface area (Å²) in [5.74, 6) is 2.34. The Morgan fingerprint density at radius 3 is 2.47 bits per heavy atom. The van der Waals surface area contributed by atoms with Crippen molar-refractivity contribution in [3.63, 3.8) is 0 Å². The molecule has 4 rings (SSSR count). The van der Waals surface area contributed by atoms with Gasteiger partial charge in [0, 0.05) is 43.4 Å². The number of hydrogen-bond acceptors (Lipinski definition) is 4. The first-order valence-corrected chi connectivity index (χ1v) is 11.6. The molecule has 2 aromatic carbocycles. The van der Waals surface area contributed by atoms with Crippen LogP contribution in [-0.4, -0.2) is 49.6 Å². The maximum Gasteiger partial charge on any atom is 0.253 e. The van der Waals surface area contributed by atoms with Crippen LogP contribution < -0.4 is 20.1 Å². The van der Waals surface area contributed by atoms with E-state index in [1.165, 1.54) is 6.42 Å². The van der Waals surface area contributed by atoms with E-state index in [-0.39, 0.29) is 5.91 Å². The maximum absolute atomic E-state index is 12.6. The third-order valence-corrected chi connectivity index (χ3v) is 5.62. The van der Waals surface area contributed by atoms with Crippen LogP contribution in [0.1, 0.15) is 48.5 Å². The first-order chi connectivity index (χ1) is 15.7. The van der Waals surface area contributed by atoms with Gasteiger partial charge in [0.05, 0.1) is 19.8 Å². The molecule has 0 aromatic heterocycles. The van der Waals surface area contributed by atoms with Gasteiger partial charge in [-0.3, -0.25) is 4.79 Å². The summed E-state index contributed by atoms with van der Waals surface area (Å²) in [4.78, 5) is 19.3. The Morgan fingerprint density at radius 1 is 0.969 bits per heavy atom. The molecule has 7 heteroatoms. The van der Waals surface area contributed by atoms with Gasteiger partial charge in [-0.1, -0.05) is 12.1 Å². The number of benzene rings is 2. The lowest BCUT2D eigenvalue weighted by Crippen LogP contribution is -2.35. The summed E-state index contributed by atoms with van der Waals surface area (Å²) in [5, 5.41) is 6.61. The summed E-state index contributed by atoms with van der Waals surface area (Å²) in [7, 11) is 0. The van der Waals surface area contributed by atoms with Gasteiger partial charge in [-0.2, -0.15) is 0 Å². The second-order valence-corrected chi connectivity index (χ2v) is 8.08. The molecule has 2 heterocycles. The SMILES string of the molecule is CCNC(=NCc1ccc(C(=O)N2CCCCC2)cc1)Nc1ccc2c(c1)OCCCO2. The zero-order chi connectivity index (χ0) is 22.2. The van der Waals surface area contributed by atoms with Gasteiger partial charge < -0.3 is 25.0 Å². The van der Waals surface area contributed by atoms with Crippen LogP contribution in [0.15, 0.2) is 47.5 Å². The fourth-order valence-electron chi connectivity index (χ4n) is 3.89. The van der Waals surface area contributed by atoms with Crippen molar-refractivity contribution in [2.45, 2.75) is 39.2 Å². The van der Waals surface area contributed by atoms with E-state index in [1.54, 1.807) is 0 Å². The zero-order valence-electron chi connectivity index (χ0n) is 18.7. The van der Waals surface area contributed by atoms with Crippen molar-refractivity contribution in [1.82, 2.24) is 10.2 Å². The smallest absolute Gasteiger partial charge is 0.253 e. The van der Waals surface area contributed by atoms with Crippen LogP contribution >= 0.6 is 0 Å². The molecule has 32 heavy (non-hydrogen) atoms. The van der Waals surface area contributed by atoms with Crippen molar-refractivity contribution in [3.05, 3.63) is 53.6 Å². The van der Waals surface area contributed by atoms with Crippen molar-refractivity contribution in [3.8, 4) is 11.5 Å². The Hall–Kier alpha value is -3.22. The number of likely N-dealkylation sites (tertiary alicyclic amines) is 1. The number of hydrogen-bond donors (Lipinski definition) is 2. The number of fused-ring (bicyclic) bond motifs is 1. The average Bonchev–Trinajstić information content (AvgIpc) is 3.08. The Morgan fingerprint density at radius 2 is 1.72 bits per heavy atom. The lowest BCUT2D eigenvalue weighted by atomic mass is 10.1. The van der Waals surface area contributed by atoms with Gasteiger partial charge in [0.25, 0.3) is 5.91 Å². The second-order valence-electron chi connectivity index (χ2n) is 8.08. The first kappa shape index (κ1) is 22.0. The molecule has 0 bridgehead atoms. The highest BCUT2D eigenvalue weighted by atomic mass is 16.5. The predicted octanol–water partition coefficient (Wildman–Crippen LogP) is 4.05. The average molecular weight is 437 g/mol. The number of piperidine rings is 1. The van der Waals surface area contributed by atoms with Crippen LogP contribution in [0.3, 0.4) is 0 Å². The Kier molecular flexibility index (Phi) is 7.48. The summed E-state index contributed by atoms with van der Waals surface area (Å²) >= 11 is 0. The van der Waals surface area contributed by atoms with Crippen molar-refractivity contribution >= 4 is 17.6 Å². The number of guanidine groups is 1. The summed E-state index contributed by atoms with van der Waals surface area (Å²) in [6, 6.07) is 13.6. The number of carbonyl (C=O) groups excluding carboxylic acids is 1. The summed E-state index contributed by atoms with van der Waals surface area (Å²) in [6.45, 7) is 6.35. The van der Waals surface area contributed by atoms with E-state index in [9.17, 15) is 4.79 Å². The highest BCUT2D eigenvalue weighted by Gasteiger charge is 2.18. The van der Waals surface area contributed by atoms with Crippen LogP contribution in [0, 0.1) is 0 Å². The van der Waals surface area contributed by atoms with Crippen LogP contribution in [-0.2, 0) is 6.54 Å². The van der Waals surface area contributed by atoms with Crippen molar-refractivity contribution < 1.29 is 14.3 Å². The number of amides is 1. The van der Waals surface area contributed by atoms with Crippen LogP contribution in [0.25, 0.3) is 0 Å². The van der Waals surface area contributed by atoms with Crippen LogP contribution in [0.5, 0.6) is 11.5 Å². The lowest BCUT2D eigenvalue weighted by molar-refractivity contribution is 0.0724. The van der Waals surface area contributed by atoms with Gasteiger partial charge in [0.15, 0.2) is 17.5 Å². The molecule has 1 saturated heterocycles. The standard InChI is InChI=1S/C25H32N4O3/c1-2-26-25(28-21-11-12-22-23(17-21)32-16-6-15-31-22)27-18-19-7-9-20(10-8-19)24(30)29-13-4-3-5-14-29/h7-12,17H,2-6,13-16,18H2,1H3,(H2,26,27,28). The molecule has 7 nitrogen and oxygen atoms in total. The molecule has 0 atom stereocenters. The number of rotatable bonds is 5. The number of nitrogens with one attached hydrogen (secondary N) is 2. The molecule has 0 spiro atoms. The maximum atomic E-state index is 12.6. The fraction of sp³-hybridized carbons (Fsp3) is 0.440. The molecule has 2 aromatic rings. The Bertz CT molecular complexity index is 937. The van der Waals surface area contributed by atoms with Crippen LogP contribution in [0.4, 0.5) is 5.69 Å². The molecule has 1 fully saturated rings. The molecule has 0 unspecified atom stereocenters. The topological polar surface area (TPSA) is 75.2 Å². The molecule has 2 N–H and O–H groups in total. The number of ether oxygens (including phenoxy) is 2. The van der Waals surface area contributed by atoms with E-state index in [0.29, 0.717) is 25.7 Å². The van der Waals surface area contributed by atoms with Crippen LogP contribution in [0.2, 0.25) is 0 Å². The molecule has 2 aliphatic rings. The largest absolute Gasteiger partial charge is 0.490 e. The second kappa shape index (κ2) is 10.9. The number of nitrogens with zero attached hydrogens (tertiary/aromatic N) is 2. The van der Waals surface area contributed by atoms with E-state index >= 15 is 0 Å². The van der Waals surface area contributed by atoms with Gasteiger partial charge in [0.1, 0.15) is 0 Å². The van der Waals surface area contributed by atoms with Gasteiger partial charge in [0.2, 0.25) is 0 Å². The lowest BCUT2D eigenvalue weighted by Gasteiger charge is -2.26. The monoisotopic (exact) mass is 436 g/mol.